The molecule has 0 aromatic rings. The van der Waals surface area contributed by atoms with E-state index in [-0.39, 0.29) is 0 Å². The maximum Gasteiger partial charge on any atom is 0.144 e. The molecular weight excluding hydrogens is 116 g/mol. The van der Waals surface area contributed by atoms with E-state index in [4.69, 9.17) is 0 Å². The van der Waals surface area contributed by atoms with Gasteiger partial charge in [0.05, 0.1) is 0 Å². The Morgan fingerprint density at radius 1 is 1.56 bits per heavy atom. The number of hydrazine groups is 2. The molecule has 52 valence electrons. The number of nitrogens with zero attached hydrogens (tertiary/aromatic N) is 2. The molecule has 0 saturated heterocycles. The molecule has 0 fully saturated rings. The second kappa shape index (κ2) is 2.23. The van der Waals surface area contributed by atoms with Crippen LogP contribution in [0.1, 0.15) is 13.8 Å². The van der Waals surface area contributed by atoms with Crippen molar-refractivity contribution in [1.82, 2.24) is 16.1 Å². The van der Waals surface area contributed by atoms with Crippen LogP contribution in [0.15, 0.2) is 5.10 Å². The van der Waals surface area contributed by atoms with Crippen LogP contribution >= 0.6 is 0 Å². The number of amidine groups is 1. The molecule has 0 atom stereocenters. The molecule has 1 aliphatic heterocycles. The Hall–Kier alpha value is -0.770. The van der Waals surface area contributed by atoms with Crippen molar-refractivity contribution in [1.29, 1.82) is 0 Å². The summed E-state index contributed by atoms with van der Waals surface area (Å²) in [5.41, 5.74) is 5.50. The Morgan fingerprint density at radius 3 is 2.44 bits per heavy atom. The molecule has 0 radical (unpaired) electrons. The van der Waals surface area contributed by atoms with Crippen LogP contribution in [0.4, 0.5) is 0 Å². The van der Waals surface area contributed by atoms with E-state index in [1.807, 2.05) is 12.1 Å². The van der Waals surface area contributed by atoms with Crippen LogP contribution < -0.4 is 11.1 Å². The van der Waals surface area contributed by atoms with Crippen molar-refractivity contribution < 1.29 is 0 Å². The Balaban J connectivity index is 2.57. The van der Waals surface area contributed by atoms with Crippen LogP contribution in [0, 0.1) is 5.92 Å². The predicted octanol–water partition coefficient (Wildman–Crippen LogP) is -0.0895. The quantitative estimate of drug-likeness (QED) is 0.518. The van der Waals surface area contributed by atoms with E-state index in [1.54, 1.807) is 0 Å². The number of hydrogen-bond donors (Lipinski definition) is 2. The third-order valence-corrected chi connectivity index (χ3v) is 1.25. The van der Waals surface area contributed by atoms with Gasteiger partial charge in [-0.15, -0.1) is 10.6 Å². The summed E-state index contributed by atoms with van der Waals surface area (Å²) >= 11 is 0. The fourth-order valence-corrected chi connectivity index (χ4v) is 0.806. The van der Waals surface area contributed by atoms with Crippen molar-refractivity contribution >= 4 is 5.84 Å². The van der Waals surface area contributed by atoms with Crippen LogP contribution in [-0.4, -0.2) is 17.9 Å². The van der Waals surface area contributed by atoms with Gasteiger partial charge in [0.2, 0.25) is 0 Å². The molecule has 0 aromatic carbocycles. The van der Waals surface area contributed by atoms with Crippen LogP contribution in [0.25, 0.3) is 0 Å². The molecule has 1 aliphatic rings. The first kappa shape index (κ1) is 6.35. The van der Waals surface area contributed by atoms with Gasteiger partial charge in [0.25, 0.3) is 0 Å². The van der Waals surface area contributed by atoms with Gasteiger partial charge in [-0.2, -0.15) is 0 Å². The summed E-state index contributed by atoms with van der Waals surface area (Å²) in [6.45, 7) is 4.20. The van der Waals surface area contributed by atoms with Gasteiger partial charge < -0.3 is 0 Å². The van der Waals surface area contributed by atoms with E-state index in [1.165, 1.54) is 0 Å². The van der Waals surface area contributed by atoms with Crippen molar-refractivity contribution in [2.24, 2.45) is 11.0 Å². The lowest BCUT2D eigenvalue weighted by molar-refractivity contribution is 0.340. The zero-order valence-corrected chi connectivity index (χ0v) is 5.97. The molecule has 1 heterocycles. The van der Waals surface area contributed by atoms with Crippen LogP contribution in [0.5, 0.6) is 0 Å². The zero-order chi connectivity index (χ0) is 6.85. The number of nitrogens with one attached hydrogen (secondary N) is 2. The molecule has 0 spiro atoms. The summed E-state index contributed by atoms with van der Waals surface area (Å²) < 4.78 is 0. The summed E-state index contributed by atoms with van der Waals surface area (Å²) in [4.78, 5) is 0. The topological polar surface area (TPSA) is 39.7 Å². The van der Waals surface area contributed by atoms with Crippen LogP contribution in [0.2, 0.25) is 0 Å². The molecule has 0 bridgehead atoms. The van der Waals surface area contributed by atoms with E-state index in [9.17, 15) is 0 Å². The van der Waals surface area contributed by atoms with Gasteiger partial charge >= 0.3 is 0 Å². The fraction of sp³-hybridized carbons (Fsp3) is 0.800. The fourth-order valence-electron chi connectivity index (χ4n) is 0.806. The van der Waals surface area contributed by atoms with Gasteiger partial charge in [-0.25, -0.2) is 5.53 Å². The minimum atomic E-state index is 0.470. The molecule has 0 unspecified atom stereocenters. The van der Waals surface area contributed by atoms with E-state index in [2.05, 4.69) is 30.0 Å². The standard InChI is InChI=1S/C5H12N4/c1-4(2)5-6-7-8-9(5)3/h4,7-8H,1-3H3. The lowest BCUT2D eigenvalue weighted by Crippen LogP contribution is -2.38. The summed E-state index contributed by atoms with van der Waals surface area (Å²) in [6, 6.07) is 0. The summed E-state index contributed by atoms with van der Waals surface area (Å²) in [7, 11) is 1.93. The minimum absolute atomic E-state index is 0.470. The van der Waals surface area contributed by atoms with Gasteiger partial charge in [-0.1, -0.05) is 13.8 Å². The normalized spacial score (nSPS) is 18.2. The number of rotatable bonds is 1. The highest BCUT2D eigenvalue weighted by molar-refractivity contribution is 5.83. The Morgan fingerprint density at radius 2 is 2.22 bits per heavy atom. The average Bonchev–Trinajstić information content (AvgIpc) is 2.13. The summed E-state index contributed by atoms with van der Waals surface area (Å²) in [5, 5.41) is 5.86. The summed E-state index contributed by atoms with van der Waals surface area (Å²) in [6.07, 6.45) is 0. The summed E-state index contributed by atoms with van der Waals surface area (Å²) in [5.74, 6) is 1.51. The largest absolute Gasteiger partial charge is 0.278 e. The highest BCUT2D eigenvalue weighted by atomic mass is 15.8. The molecule has 4 heteroatoms. The molecule has 0 aliphatic carbocycles. The smallest absolute Gasteiger partial charge is 0.144 e. The highest BCUT2D eigenvalue weighted by Gasteiger charge is 2.14. The van der Waals surface area contributed by atoms with Crippen LogP contribution in [0.3, 0.4) is 0 Å². The van der Waals surface area contributed by atoms with Gasteiger partial charge in [-0.3, -0.25) is 5.01 Å². The van der Waals surface area contributed by atoms with Crippen molar-refractivity contribution in [2.45, 2.75) is 13.8 Å². The first-order chi connectivity index (χ1) is 4.22. The lowest BCUT2D eigenvalue weighted by Gasteiger charge is -2.13. The van der Waals surface area contributed by atoms with Gasteiger partial charge in [-0.05, 0) is 0 Å². The molecule has 0 saturated carbocycles. The second-order valence-electron chi connectivity index (χ2n) is 2.41. The van der Waals surface area contributed by atoms with Crippen molar-refractivity contribution in [3.63, 3.8) is 0 Å². The van der Waals surface area contributed by atoms with Gasteiger partial charge in [0.15, 0.2) is 0 Å². The molecule has 0 aromatic heterocycles. The van der Waals surface area contributed by atoms with Crippen molar-refractivity contribution in [3.8, 4) is 0 Å². The maximum atomic E-state index is 4.00. The molecule has 1 rings (SSSR count). The highest BCUT2D eigenvalue weighted by Crippen LogP contribution is 2.00. The predicted molar refractivity (Wildman–Crippen MR) is 36.3 cm³/mol. The third-order valence-electron chi connectivity index (χ3n) is 1.25. The first-order valence-electron chi connectivity index (χ1n) is 3.04. The van der Waals surface area contributed by atoms with Crippen molar-refractivity contribution in [2.75, 3.05) is 7.05 Å². The number of hydrogen-bond acceptors (Lipinski definition) is 4. The maximum absolute atomic E-state index is 4.00. The number of hydrazone groups is 1. The third kappa shape index (κ3) is 1.13. The Bertz CT molecular complexity index is 129. The van der Waals surface area contributed by atoms with Gasteiger partial charge in [0.1, 0.15) is 5.84 Å². The second-order valence-corrected chi connectivity index (χ2v) is 2.41. The molecule has 4 nitrogen and oxygen atoms in total. The zero-order valence-electron chi connectivity index (χ0n) is 5.97. The molecule has 2 N–H and O–H groups in total. The van der Waals surface area contributed by atoms with E-state index in [0.29, 0.717) is 5.92 Å². The minimum Gasteiger partial charge on any atom is -0.278 e. The molecular formula is C5H12N4. The molecule has 9 heavy (non-hydrogen) atoms. The Kier molecular flexibility index (Phi) is 1.57. The first-order valence-corrected chi connectivity index (χ1v) is 3.04. The lowest BCUT2D eigenvalue weighted by atomic mass is 10.2. The van der Waals surface area contributed by atoms with E-state index >= 15 is 0 Å². The Labute approximate surface area is 54.9 Å². The SMILES string of the molecule is CC(C)C1=NNNN1C. The van der Waals surface area contributed by atoms with Crippen LogP contribution in [-0.2, 0) is 0 Å². The average molecular weight is 128 g/mol. The van der Waals surface area contributed by atoms with E-state index in [0.717, 1.165) is 5.84 Å². The van der Waals surface area contributed by atoms with Crippen molar-refractivity contribution in [3.05, 3.63) is 0 Å². The monoisotopic (exact) mass is 128 g/mol. The van der Waals surface area contributed by atoms with E-state index < -0.39 is 0 Å². The molecule has 0 amide bonds. The van der Waals surface area contributed by atoms with Gasteiger partial charge in [0, 0.05) is 13.0 Å².